The molecule has 0 heterocycles. The lowest BCUT2D eigenvalue weighted by atomic mass is 9.59. The molecule has 5 saturated carbocycles. The third-order valence-electron chi connectivity index (χ3n) is 9.51. The molecule has 0 bridgehead atoms. The molecule has 2 spiro atoms. The molecule has 116 valence electrons. The predicted octanol–water partition coefficient (Wildman–Crippen LogP) is 5.44. The molecule has 7 unspecified atom stereocenters. The Morgan fingerprint density at radius 1 is 0.857 bits per heavy atom. The van der Waals surface area contributed by atoms with Crippen molar-refractivity contribution in [2.24, 2.45) is 39.9 Å². The number of nitrogens with one attached hydrogen (secondary N) is 1. The molecule has 1 heteroatoms. The van der Waals surface area contributed by atoms with Gasteiger partial charge in [-0.3, -0.25) is 0 Å². The lowest BCUT2D eigenvalue weighted by molar-refractivity contribution is 0.0510. The van der Waals surface area contributed by atoms with Crippen LogP contribution in [0.1, 0.15) is 78.1 Å². The largest absolute Gasteiger partial charge is 0.310 e. The third-order valence-corrected chi connectivity index (χ3v) is 9.51. The van der Waals surface area contributed by atoms with Gasteiger partial charge in [-0.05, 0) is 92.3 Å². The van der Waals surface area contributed by atoms with Gasteiger partial charge < -0.3 is 5.41 Å². The van der Waals surface area contributed by atoms with E-state index in [0.717, 1.165) is 34.3 Å². The average molecular weight is 285 g/mol. The minimum atomic E-state index is 0.484. The Balaban J connectivity index is 1.57. The molecule has 1 N–H and O–H groups in total. The quantitative estimate of drug-likeness (QED) is 0.620. The fourth-order valence-electron chi connectivity index (χ4n) is 9.16. The van der Waals surface area contributed by atoms with Crippen molar-refractivity contribution in [3.63, 3.8) is 0 Å². The lowest BCUT2D eigenvalue weighted by Gasteiger charge is -2.45. The average Bonchev–Trinajstić information content (AvgIpc) is 2.75. The van der Waals surface area contributed by atoms with Gasteiger partial charge in [0.15, 0.2) is 0 Å². The van der Waals surface area contributed by atoms with Gasteiger partial charge in [0, 0.05) is 11.6 Å². The van der Waals surface area contributed by atoms with Crippen LogP contribution in [0.25, 0.3) is 0 Å². The van der Waals surface area contributed by atoms with E-state index in [0.29, 0.717) is 11.3 Å². The molecule has 0 radical (unpaired) electrons. The summed E-state index contributed by atoms with van der Waals surface area (Å²) >= 11 is 0. The third kappa shape index (κ3) is 1.20. The van der Waals surface area contributed by atoms with Gasteiger partial charge in [0.1, 0.15) is 0 Å². The summed E-state index contributed by atoms with van der Waals surface area (Å²) in [4.78, 5) is 0. The maximum absolute atomic E-state index is 8.29. The monoisotopic (exact) mass is 285 g/mol. The molecule has 0 saturated heterocycles. The number of hydrogen-bond donors (Lipinski definition) is 1. The summed E-state index contributed by atoms with van der Waals surface area (Å²) in [6.07, 6.45) is 15.0. The zero-order valence-corrected chi connectivity index (χ0v) is 13.9. The first kappa shape index (κ1) is 13.1. The second kappa shape index (κ2) is 3.77. The van der Waals surface area contributed by atoms with Crippen LogP contribution < -0.4 is 0 Å². The molecule has 5 aliphatic rings. The fraction of sp³-hybridized carbons (Fsp3) is 0.950. The highest BCUT2D eigenvalue weighted by molar-refractivity contribution is 5.82. The van der Waals surface area contributed by atoms with Gasteiger partial charge in [0.25, 0.3) is 0 Å². The summed E-state index contributed by atoms with van der Waals surface area (Å²) in [6, 6.07) is 0. The molecular formula is C20H31N. The van der Waals surface area contributed by atoms with Crippen LogP contribution in [-0.2, 0) is 0 Å². The van der Waals surface area contributed by atoms with E-state index >= 15 is 0 Å². The van der Waals surface area contributed by atoms with Gasteiger partial charge >= 0.3 is 0 Å². The summed E-state index contributed by atoms with van der Waals surface area (Å²) < 4.78 is 0. The summed E-state index contributed by atoms with van der Waals surface area (Å²) in [7, 11) is 0. The molecule has 5 rings (SSSR count). The summed E-state index contributed by atoms with van der Waals surface area (Å²) in [5.41, 5.74) is 3.04. The maximum atomic E-state index is 8.29. The number of fused-ring (bicyclic) bond motifs is 1. The Hall–Kier alpha value is -0.330. The zero-order chi connectivity index (χ0) is 14.5. The zero-order valence-electron chi connectivity index (χ0n) is 13.9. The normalized spacial score (nSPS) is 60.7. The van der Waals surface area contributed by atoms with Crippen LogP contribution in [0.3, 0.4) is 0 Å². The Kier molecular flexibility index (Phi) is 2.36. The molecule has 0 amide bonds. The molecule has 7 atom stereocenters. The van der Waals surface area contributed by atoms with Gasteiger partial charge in [-0.1, -0.05) is 19.8 Å². The van der Waals surface area contributed by atoms with E-state index < -0.39 is 0 Å². The summed E-state index contributed by atoms with van der Waals surface area (Å²) in [5.74, 6) is 3.78. The summed E-state index contributed by atoms with van der Waals surface area (Å²) in [6.45, 7) is 4.67. The first-order chi connectivity index (χ1) is 10.1. The van der Waals surface area contributed by atoms with Crippen LogP contribution in [0.15, 0.2) is 0 Å². The second-order valence-corrected chi connectivity index (χ2v) is 9.52. The second-order valence-electron chi connectivity index (χ2n) is 9.52. The standard InChI is InChI=1S/C20H31N/c1-13(21)15-6-7-16-18(15,2)11-9-17-19-10-4-3-5-14(19)8-12-20(16,17)19/h14-17,21H,3-12H2,1-2H3. The van der Waals surface area contributed by atoms with E-state index in [1.807, 2.05) is 0 Å². The van der Waals surface area contributed by atoms with Crippen LogP contribution in [0.2, 0.25) is 0 Å². The van der Waals surface area contributed by atoms with Crippen molar-refractivity contribution in [1.29, 1.82) is 5.41 Å². The molecule has 5 aliphatic carbocycles. The van der Waals surface area contributed by atoms with Gasteiger partial charge in [0.05, 0.1) is 0 Å². The van der Waals surface area contributed by atoms with E-state index in [1.165, 1.54) is 38.5 Å². The molecule has 0 aliphatic heterocycles. The molecule has 21 heavy (non-hydrogen) atoms. The van der Waals surface area contributed by atoms with E-state index in [2.05, 4.69) is 13.8 Å². The highest BCUT2D eigenvalue weighted by Crippen LogP contribution is 2.91. The topological polar surface area (TPSA) is 23.9 Å². The Bertz CT molecular complexity index is 510. The van der Waals surface area contributed by atoms with E-state index in [4.69, 9.17) is 5.41 Å². The fourth-order valence-corrected chi connectivity index (χ4v) is 9.16. The molecule has 0 aromatic rings. The SMILES string of the molecule is CC(=N)C1CCC2C1(C)CCC1C34CCCCC3CCC214. The van der Waals surface area contributed by atoms with Gasteiger partial charge in [-0.2, -0.15) is 0 Å². The number of hydrogen-bond acceptors (Lipinski definition) is 1. The molecule has 0 aromatic heterocycles. The number of rotatable bonds is 1. The van der Waals surface area contributed by atoms with Crippen molar-refractivity contribution in [2.45, 2.75) is 78.1 Å². The Labute approximate surface area is 129 Å². The predicted molar refractivity (Wildman–Crippen MR) is 86.5 cm³/mol. The van der Waals surface area contributed by atoms with Crippen molar-refractivity contribution in [3.8, 4) is 0 Å². The van der Waals surface area contributed by atoms with Gasteiger partial charge in [-0.25, -0.2) is 0 Å². The highest BCUT2D eigenvalue weighted by Gasteiger charge is 2.85. The van der Waals surface area contributed by atoms with Crippen LogP contribution in [0.5, 0.6) is 0 Å². The van der Waals surface area contributed by atoms with Crippen molar-refractivity contribution in [3.05, 3.63) is 0 Å². The minimum Gasteiger partial charge on any atom is -0.310 e. The minimum absolute atomic E-state index is 0.484. The van der Waals surface area contributed by atoms with Crippen molar-refractivity contribution in [1.82, 2.24) is 0 Å². The first-order valence-corrected chi connectivity index (χ1v) is 9.62. The van der Waals surface area contributed by atoms with E-state index in [1.54, 1.807) is 25.7 Å². The smallest absolute Gasteiger partial charge is 0.00946 e. The first-order valence-electron chi connectivity index (χ1n) is 9.62. The van der Waals surface area contributed by atoms with Gasteiger partial charge in [-0.15, -0.1) is 0 Å². The molecule has 0 aromatic carbocycles. The van der Waals surface area contributed by atoms with E-state index in [-0.39, 0.29) is 0 Å². The lowest BCUT2D eigenvalue weighted by Crippen LogP contribution is -2.40. The van der Waals surface area contributed by atoms with Crippen LogP contribution in [-0.4, -0.2) is 5.71 Å². The highest BCUT2D eigenvalue weighted by atomic mass is 14.9. The van der Waals surface area contributed by atoms with Crippen LogP contribution in [0.4, 0.5) is 0 Å². The van der Waals surface area contributed by atoms with Crippen LogP contribution in [0, 0.1) is 45.3 Å². The van der Waals surface area contributed by atoms with Crippen molar-refractivity contribution >= 4 is 5.71 Å². The molecular weight excluding hydrogens is 254 g/mol. The van der Waals surface area contributed by atoms with Crippen LogP contribution >= 0.6 is 0 Å². The Morgan fingerprint density at radius 3 is 2.52 bits per heavy atom. The van der Waals surface area contributed by atoms with E-state index in [9.17, 15) is 0 Å². The van der Waals surface area contributed by atoms with Crippen molar-refractivity contribution < 1.29 is 0 Å². The molecule has 5 fully saturated rings. The molecule has 1 nitrogen and oxygen atoms in total. The van der Waals surface area contributed by atoms with Crippen molar-refractivity contribution in [2.75, 3.05) is 0 Å². The maximum Gasteiger partial charge on any atom is 0.00946 e. The Morgan fingerprint density at radius 2 is 1.71 bits per heavy atom. The van der Waals surface area contributed by atoms with Gasteiger partial charge in [0.2, 0.25) is 0 Å². The summed E-state index contributed by atoms with van der Waals surface area (Å²) in [5, 5.41) is 8.29.